The highest BCUT2D eigenvalue weighted by Gasteiger charge is 2.59. The standard InChI is InChI=1S/C13H16N2O3/c1-13(2,3)14-10(9-7-5-4-6-8-9)11(12(14)16)15(17)18/h4-8,10-11H,1-3H3/t10-,11-/m0/s1. The zero-order chi connectivity index (χ0) is 13.5. The average Bonchev–Trinajstić information content (AvgIpc) is 2.24. The van der Waals surface area contributed by atoms with Gasteiger partial charge < -0.3 is 4.90 Å². The van der Waals surface area contributed by atoms with E-state index >= 15 is 0 Å². The molecule has 0 radical (unpaired) electrons. The molecule has 2 atom stereocenters. The lowest BCUT2D eigenvalue weighted by atomic mass is 9.84. The van der Waals surface area contributed by atoms with Crippen LogP contribution in [0.15, 0.2) is 30.3 Å². The first-order valence-corrected chi connectivity index (χ1v) is 5.85. The van der Waals surface area contributed by atoms with Crippen molar-refractivity contribution in [2.45, 2.75) is 38.4 Å². The highest BCUT2D eigenvalue weighted by atomic mass is 16.6. The minimum absolute atomic E-state index is 0.402. The summed E-state index contributed by atoms with van der Waals surface area (Å²) >= 11 is 0. The maximum atomic E-state index is 11.9. The van der Waals surface area contributed by atoms with Crippen LogP contribution in [-0.4, -0.2) is 27.3 Å². The van der Waals surface area contributed by atoms with Crippen molar-refractivity contribution in [3.05, 3.63) is 46.0 Å². The van der Waals surface area contributed by atoms with Gasteiger partial charge in [-0.3, -0.25) is 14.9 Å². The van der Waals surface area contributed by atoms with Gasteiger partial charge in [0.1, 0.15) is 6.04 Å². The summed E-state index contributed by atoms with van der Waals surface area (Å²) in [4.78, 5) is 24.0. The first-order chi connectivity index (χ1) is 8.34. The summed E-state index contributed by atoms with van der Waals surface area (Å²) < 4.78 is 0. The number of hydrogen-bond donors (Lipinski definition) is 0. The SMILES string of the molecule is CC(C)(C)N1C(=O)[C@@H]([N+](=O)[O-])[C@@H]1c1ccccc1. The Hall–Kier alpha value is -1.91. The molecule has 5 nitrogen and oxygen atoms in total. The van der Waals surface area contributed by atoms with E-state index in [9.17, 15) is 14.9 Å². The Kier molecular flexibility index (Phi) is 2.84. The van der Waals surface area contributed by atoms with Crippen molar-refractivity contribution >= 4 is 5.91 Å². The molecule has 0 saturated carbocycles. The molecule has 1 heterocycles. The predicted molar refractivity (Wildman–Crippen MR) is 66.6 cm³/mol. The van der Waals surface area contributed by atoms with Gasteiger partial charge in [0.2, 0.25) is 0 Å². The van der Waals surface area contributed by atoms with Gasteiger partial charge in [0.25, 0.3) is 0 Å². The molecule has 0 aliphatic carbocycles. The molecular weight excluding hydrogens is 232 g/mol. The average molecular weight is 248 g/mol. The molecule has 1 saturated heterocycles. The highest BCUT2D eigenvalue weighted by Crippen LogP contribution is 2.41. The molecule has 0 spiro atoms. The molecule has 1 fully saturated rings. The Morgan fingerprint density at radius 3 is 2.22 bits per heavy atom. The van der Waals surface area contributed by atoms with Gasteiger partial charge in [-0.2, -0.15) is 0 Å². The number of rotatable bonds is 2. The van der Waals surface area contributed by atoms with Crippen LogP contribution in [0.2, 0.25) is 0 Å². The molecule has 0 aromatic heterocycles. The van der Waals surface area contributed by atoms with Gasteiger partial charge in [-0.25, -0.2) is 0 Å². The number of carbonyl (C=O) groups is 1. The number of carbonyl (C=O) groups excluding carboxylic acids is 1. The van der Waals surface area contributed by atoms with Crippen molar-refractivity contribution < 1.29 is 9.72 Å². The van der Waals surface area contributed by atoms with Crippen molar-refractivity contribution in [1.82, 2.24) is 4.90 Å². The van der Waals surface area contributed by atoms with E-state index in [1.807, 2.05) is 51.1 Å². The topological polar surface area (TPSA) is 63.5 Å². The summed E-state index contributed by atoms with van der Waals surface area (Å²) in [5, 5.41) is 11.0. The van der Waals surface area contributed by atoms with E-state index in [0.29, 0.717) is 0 Å². The molecule has 1 aromatic rings. The zero-order valence-electron chi connectivity index (χ0n) is 10.7. The van der Waals surface area contributed by atoms with Crippen molar-refractivity contribution in [1.29, 1.82) is 0 Å². The van der Waals surface area contributed by atoms with Crippen molar-refractivity contribution in [3.63, 3.8) is 0 Å². The molecule has 5 heteroatoms. The summed E-state index contributed by atoms with van der Waals surface area (Å²) in [6.45, 7) is 5.66. The van der Waals surface area contributed by atoms with Crippen LogP contribution >= 0.6 is 0 Å². The quantitative estimate of drug-likeness (QED) is 0.457. The fraction of sp³-hybridized carbons (Fsp3) is 0.462. The summed E-state index contributed by atoms with van der Waals surface area (Å²) in [6.07, 6.45) is 0. The lowest BCUT2D eigenvalue weighted by Gasteiger charge is -2.49. The van der Waals surface area contributed by atoms with E-state index in [0.717, 1.165) is 5.56 Å². The number of β-lactam (4-membered cyclic amide) rings is 1. The lowest BCUT2D eigenvalue weighted by Crippen LogP contribution is -2.67. The van der Waals surface area contributed by atoms with Crippen LogP contribution in [0.1, 0.15) is 32.4 Å². The van der Waals surface area contributed by atoms with Crippen LogP contribution in [0.4, 0.5) is 0 Å². The second-order valence-electron chi connectivity index (χ2n) is 5.46. The van der Waals surface area contributed by atoms with Gasteiger partial charge in [-0.15, -0.1) is 0 Å². The Morgan fingerprint density at radius 1 is 1.22 bits per heavy atom. The molecule has 0 bridgehead atoms. The Labute approximate surface area is 106 Å². The third-order valence-electron chi connectivity index (χ3n) is 3.16. The van der Waals surface area contributed by atoms with Crippen LogP contribution in [0.3, 0.4) is 0 Å². The van der Waals surface area contributed by atoms with Gasteiger partial charge in [-0.05, 0) is 26.3 Å². The smallest absolute Gasteiger partial charge is 0.314 e. The number of benzene rings is 1. The fourth-order valence-electron chi connectivity index (χ4n) is 2.41. The molecule has 0 unspecified atom stereocenters. The van der Waals surface area contributed by atoms with Crippen LogP contribution in [0.5, 0.6) is 0 Å². The number of likely N-dealkylation sites (tertiary alicyclic amines) is 1. The Balaban J connectivity index is 2.40. The van der Waals surface area contributed by atoms with E-state index < -0.39 is 28.5 Å². The maximum Gasteiger partial charge on any atom is 0.314 e. The van der Waals surface area contributed by atoms with Crippen LogP contribution in [0.25, 0.3) is 0 Å². The minimum Gasteiger partial charge on any atom is -0.317 e. The molecule has 1 aliphatic heterocycles. The van der Waals surface area contributed by atoms with Crippen LogP contribution < -0.4 is 0 Å². The van der Waals surface area contributed by atoms with Gasteiger partial charge >= 0.3 is 11.9 Å². The van der Waals surface area contributed by atoms with Crippen molar-refractivity contribution in [3.8, 4) is 0 Å². The summed E-state index contributed by atoms with van der Waals surface area (Å²) in [5.74, 6) is -0.402. The third-order valence-corrected chi connectivity index (χ3v) is 3.16. The van der Waals surface area contributed by atoms with Gasteiger partial charge in [0, 0.05) is 10.5 Å². The minimum atomic E-state index is -1.15. The molecular formula is C13H16N2O3. The molecule has 2 rings (SSSR count). The Bertz CT molecular complexity index is 479. The van der Waals surface area contributed by atoms with Gasteiger partial charge in [-0.1, -0.05) is 30.3 Å². The largest absolute Gasteiger partial charge is 0.317 e. The highest BCUT2D eigenvalue weighted by molar-refractivity contribution is 5.89. The molecule has 1 aromatic carbocycles. The summed E-state index contributed by atoms with van der Waals surface area (Å²) in [6, 6.07) is 7.55. The molecule has 1 aliphatic rings. The molecule has 18 heavy (non-hydrogen) atoms. The first-order valence-electron chi connectivity index (χ1n) is 5.85. The third kappa shape index (κ3) is 1.85. The second-order valence-corrected chi connectivity index (χ2v) is 5.46. The number of amides is 1. The van der Waals surface area contributed by atoms with Gasteiger partial charge in [0.05, 0.1) is 0 Å². The van der Waals surface area contributed by atoms with E-state index in [1.54, 1.807) is 4.90 Å². The van der Waals surface area contributed by atoms with E-state index in [4.69, 9.17) is 0 Å². The van der Waals surface area contributed by atoms with Gasteiger partial charge in [0.15, 0.2) is 0 Å². The van der Waals surface area contributed by atoms with Crippen LogP contribution in [0, 0.1) is 10.1 Å². The number of nitrogens with zero attached hydrogens (tertiary/aromatic N) is 2. The number of hydrogen-bond acceptors (Lipinski definition) is 3. The maximum absolute atomic E-state index is 11.9. The zero-order valence-corrected chi connectivity index (χ0v) is 10.7. The predicted octanol–water partition coefficient (Wildman–Crippen LogP) is 2.01. The van der Waals surface area contributed by atoms with Crippen molar-refractivity contribution in [2.24, 2.45) is 0 Å². The lowest BCUT2D eigenvalue weighted by molar-refractivity contribution is -0.531. The fourth-order valence-corrected chi connectivity index (χ4v) is 2.41. The monoisotopic (exact) mass is 248 g/mol. The van der Waals surface area contributed by atoms with Crippen molar-refractivity contribution in [2.75, 3.05) is 0 Å². The Morgan fingerprint density at radius 2 is 1.78 bits per heavy atom. The summed E-state index contributed by atoms with van der Waals surface area (Å²) in [7, 11) is 0. The van der Waals surface area contributed by atoms with E-state index in [-0.39, 0.29) is 0 Å². The van der Waals surface area contributed by atoms with E-state index in [2.05, 4.69) is 0 Å². The normalized spacial score (nSPS) is 23.7. The summed E-state index contributed by atoms with van der Waals surface area (Å²) in [5.41, 5.74) is 0.401. The number of nitro groups is 1. The molecule has 0 N–H and O–H groups in total. The van der Waals surface area contributed by atoms with Crippen LogP contribution in [-0.2, 0) is 4.79 Å². The molecule has 96 valence electrons. The van der Waals surface area contributed by atoms with E-state index in [1.165, 1.54) is 0 Å². The second kappa shape index (κ2) is 4.08. The molecule has 1 amide bonds. The first kappa shape index (κ1) is 12.5.